The lowest BCUT2D eigenvalue weighted by molar-refractivity contribution is -0.517. The average molecular weight is 229 g/mol. The topological polar surface area (TPSA) is 118 Å². The predicted molar refractivity (Wildman–Crippen MR) is 38.5 cm³/mol. The van der Waals surface area contributed by atoms with Crippen LogP contribution in [0.25, 0.3) is 0 Å². The van der Waals surface area contributed by atoms with Crippen molar-refractivity contribution in [3.05, 3.63) is 18.7 Å². The molecule has 0 saturated heterocycles. The van der Waals surface area contributed by atoms with Crippen LogP contribution in [0.5, 0.6) is 0 Å². The van der Waals surface area contributed by atoms with Gasteiger partial charge < -0.3 is 0 Å². The number of rotatable bonds is 2. The summed E-state index contributed by atoms with van der Waals surface area (Å²) in [6.45, 7) is 0. The molecule has 0 aliphatic rings. The van der Waals surface area contributed by atoms with Crippen molar-refractivity contribution in [3.63, 3.8) is 0 Å². The van der Waals surface area contributed by atoms with Crippen molar-refractivity contribution >= 4 is 20.6 Å². The van der Waals surface area contributed by atoms with E-state index in [2.05, 4.69) is 0 Å². The fourth-order valence-electron chi connectivity index (χ4n) is 0.594. The Morgan fingerprint density at radius 1 is 1.15 bits per heavy atom. The first-order valence-corrected chi connectivity index (χ1v) is 5.56. The summed E-state index contributed by atoms with van der Waals surface area (Å²) in [5, 5.41) is 0. The first-order chi connectivity index (χ1) is 5.71. The molecule has 0 radical (unpaired) electrons. The van der Waals surface area contributed by atoms with Crippen LogP contribution >= 0.6 is 0 Å². The van der Waals surface area contributed by atoms with Gasteiger partial charge in [0.2, 0.25) is 0 Å². The molecule has 0 bridgehead atoms. The highest BCUT2D eigenvalue weighted by Crippen LogP contribution is 1.90. The molecule has 0 amide bonds. The van der Waals surface area contributed by atoms with Crippen LogP contribution in [0.2, 0.25) is 0 Å². The second kappa shape index (κ2) is 2.77. The number of aromatic nitrogens is 2. The smallest absolute Gasteiger partial charge is 0.251 e. The van der Waals surface area contributed by atoms with E-state index in [1.54, 1.807) is 0 Å². The molecule has 0 atom stereocenters. The number of imidazole rings is 1. The molecular weight excluding hydrogens is 224 g/mol. The van der Waals surface area contributed by atoms with Crippen LogP contribution in [0.4, 0.5) is 0 Å². The molecule has 0 unspecified atom stereocenters. The SMILES string of the molecule is O=S(=O)(O)n1cc[n+](S(=O)(=O)O)c1. The lowest BCUT2D eigenvalue weighted by Gasteiger charge is -1.86. The van der Waals surface area contributed by atoms with Crippen LogP contribution in [0.3, 0.4) is 0 Å². The van der Waals surface area contributed by atoms with Gasteiger partial charge in [-0.3, -0.25) is 9.11 Å². The van der Waals surface area contributed by atoms with E-state index in [9.17, 15) is 16.8 Å². The molecule has 10 heteroatoms. The summed E-state index contributed by atoms with van der Waals surface area (Å²) in [6.07, 6.45) is 2.00. The highest BCUT2D eigenvalue weighted by atomic mass is 32.2. The Balaban J connectivity index is 3.32. The van der Waals surface area contributed by atoms with E-state index in [0.717, 1.165) is 12.4 Å². The normalized spacial score (nSPS) is 13.1. The van der Waals surface area contributed by atoms with Crippen LogP contribution in [-0.4, -0.2) is 29.9 Å². The Hall–Kier alpha value is -0.970. The monoisotopic (exact) mass is 229 g/mol. The summed E-state index contributed by atoms with van der Waals surface area (Å²) in [5.41, 5.74) is 0. The maximum Gasteiger partial charge on any atom is 0.439 e. The van der Waals surface area contributed by atoms with Gasteiger partial charge in [-0.1, -0.05) is 0 Å². The van der Waals surface area contributed by atoms with E-state index >= 15 is 0 Å². The molecule has 1 aromatic rings. The lowest BCUT2D eigenvalue weighted by Crippen LogP contribution is -2.40. The fraction of sp³-hybridized carbons (Fsp3) is 0. The van der Waals surface area contributed by atoms with E-state index in [1.807, 2.05) is 0 Å². The van der Waals surface area contributed by atoms with E-state index in [-0.39, 0.29) is 7.94 Å². The third-order valence-corrected chi connectivity index (χ3v) is 2.62. The summed E-state index contributed by atoms with van der Waals surface area (Å²) in [5.74, 6) is 0. The Morgan fingerprint density at radius 3 is 1.92 bits per heavy atom. The molecule has 2 N–H and O–H groups in total. The Morgan fingerprint density at radius 2 is 1.69 bits per heavy atom. The maximum atomic E-state index is 10.4. The zero-order valence-corrected chi connectivity index (χ0v) is 7.60. The van der Waals surface area contributed by atoms with Crippen LogP contribution in [0.15, 0.2) is 18.7 Å². The number of hydrogen-bond donors (Lipinski definition) is 2. The highest BCUT2D eigenvalue weighted by molar-refractivity contribution is 7.84. The van der Waals surface area contributed by atoms with Crippen molar-refractivity contribution in [1.29, 1.82) is 0 Å². The highest BCUT2D eigenvalue weighted by Gasteiger charge is 2.21. The van der Waals surface area contributed by atoms with E-state index in [1.165, 1.54) is 0 Å². The summed E-state index contributed by atoms with van der Waals surface area (Å²) >= 11 is 0. The van der Waals surface area contributed by atoms with Gasteiger partial charge in [-0.2, -0.15) is 16.8 Å². The first-order valence-electron chi connectivity index (χ1n) is 2.76. The summed E-state index contributed by atoms with van der Waals surface area (Å²) < 4.78 is 58.9. The second-order valence-electron chi connectivity index (χ2n) is 2.03. The third kappa shape index (κ3) is 2.24. The van der Waals surface area contributed by atoms with Gasteiger partial charge in [0, 0.05) is 0 Å². The quantitative estimate of drug-likeness (QED) is 0.450. The first kappa shape index (κ1) is 10.1. The van der Waals surface area contributed by atoms with Crippen molar-refractivity contribution in [3.8, 4) is 0 Å². The molecule has 74 valence electrons. The lowest BCUT2D eigenvalue weighted by atomic mass is 11.0. The van der Waals surface area contributed by atoms with Gasteiger partial charge in [-0.05, 0) is 0 Å². The van der Waals surface area contributed by atoms with Crippen molar-refractivity contribution in [2.24, 2.45) is 0 Å². The zero-order chi connectivity index (χ0) is 10.3. The Labute approximate surface area is 73.8 Å². The predicted octanol–water partition coefficient (Wildman–Crippen LogP) is -1.92. The molecule has 0 fully saturated rings. The summed E-state index contributed by atoms with van der Waals surface area (Å²) in [6, 6.07) is 0. The van der Waals surface area contributed by atoms with E-state index in [4.69, 9.17) is 9.11 Å². The van der Waals surface area contributed by atoms with Crippen molar-refractivity contribution in [2.75, 3.05) is 0 Å². The average Bonchev–Trinajstić information content (AvgIpc) is 2.28. The maximum absolute atomic E-state index is 10.4. The standard InChI is InChI=1S/C3H4N2O6S2/c6-12(7,8)4-1-2-5(3-4)13(9,10)11/h1-3H,(H-,6,7,8,9,10,11)/p+1. The van der Waals surface area contributed by atoms with Crippen LogP contribution in [0.1, 0.15) is 0 Å². The molecule has 0 aromatic carbocycles. The molecule has 0 saturated carbocycles. The van der Waals surface area contributed by atoms with Crippen LogP contribution in [-0.2, 0) is 20.6 Å². The van der Waals surface area contributed by atoms with Gasteiger partial charge in [0.15, 0.2) is 12.4 Å². The van der Waals surface area contributed by atoms with Crippen LogP contribution < -0.4 is 3.97 Å². The second-order valence-corrected chi connectivity index (χ2v) is 4.66. The minimum absolute atomic E-state index is 0.223. The van der Waals surface area contributed by atoms with Gasteiger partial charge >= 0.3 is 20.6 Å². The van der Waals surface area contributed by atoms with Gasteiger partial charge in [0.1, 0.15) is 0 Å². The molecule has 0 spiro atoms. The van der Waals surface area contributed by atoms with Gasteiger partial charge in [0.05, 0.1) is 0 Å². The molecule has 1 aromatic heterocycles. The van der Waals surface area contributed by atoms with Crippen LogP contribution in [0, 0.1) is 0 Å². The van der Waals surface area contributed by atoms with Gasteiger partial charge in [-0.15, -0.1) is 7.94 Å². The van der Waals surface area contributed by atoms with E-state index < -0.39 is 20.6 Å². The molecule has 0 aliphatic carbocycles. The van der Waals surface area contributed by atoms with Crippen molar-refractivity contribution < 1.29 is 29.9 Å². The van der Waals surface area contributed by atoms with Crippen molar-refractivity contribution in [1.82, 2.24) is 3.97 Å². The Kier molecular flexibility index (Phi) is 2.15. The Bertz CT molecular complexity index is 463. The fourth-order valence-corrected chi connectivity index (χ4v) is 1.51. The minimum Gasteiger partial charge on any atom is -0.251 e. The molecule has 13 heavy (non-hydrogen) atoms. The molecule has 8 nitrogen and oxygen atoms in total. The van der Waals surface area contributed by atoms with Gasteiger partial charge in [0.25, 0.3) is 6.33 Å². The molecular formula is C3H5N2O6S2+. The third-order valence-electron chi connectivity index (χ3n) is 1.12. The number of hydrogen-bond acceptors (Lipinski definition) is 4. The molecule has 1 heterocycles. The van der Waals surface area contributed by atoms with E-state index in [0.29, 0.717) is 6.33 Å². The zero-order valence-electron chi connectivity index (χ0n) is 5.97. The largest absolute Gasteiger partial charge is 0.439 e. The summed E-state index contributed by atoms with van der Waals surface area (Å²) in [4.78, 5) is 0. The summed E-state index contributed by atoms with van der Waals surface area (Å²) in [7, 11) is -9.04. The number of nitrogens with zero attached hydrogens (tertiary/aromatic N) is 2. The molecule has 0 aliphatic heterocycles. The van der Waals surface area contributed by atoms with Crippen molar-refractivity contribution in [2.45, 2.75) is 0 Å². The van der Waals surface area contributed by atoms with Gasteiger partial charge in [-0.25, -0.2) is 0 Å². The minimum atomic E-state index is -4.52. The molecule has 1 rings (SSSR count).